The Balaban J connectivity index is 5.91. The SMILES string of the molecule is CCCCCCCCOC(=O)CCCC(=O)OCC(COC(=O)CCCC(=O)OCCCCCCCC)(COC(=O)CCCN(CC)C(C)C)COC(=O)CC(CCC)CCCCCCC. The summed E-state index contributed by atoms with van der Waals surface area (Å²) in [6, 6.07) is 0.321. The van der Waals surface area contributed by atoms with Crippen molar-refractivity contribution in [3.8, 4) is 0 Å². The second kappa shape index (κ2) is 43.1. The molecule has 0 aliphatic carbocycles. The summed E-state index contributed by atoms with van der Waals surface area (Å²) in [4.78, 5) is 80.0. The molecule has 0 aromatic rings. The number of unbranched alkanes of at least 4 members (excludes halogenated alkanes) is 14. The third-order valence-electron chi connectivity index (χ3n) is 12.0. The van der Waals surface area contributed by atoms with Crippen molar-refractivity contribution in [1.29, 1.82) is 0 Å². The van der Waals surface area contributed by atoms with Crippen molar-refractivity contribution in [3.05, 3.63) is 0 Å². The van der Waals surface area contributed by atoms with E-state index in [2.05, 4.69) is 53.4 Å². The van der Waals surface area contributed by atoms with Crippen molar-refractivity contribution in [2.45, 2.75) is 241 Å². The lowest BCUT2D eigenvalue weighted by Gasteiger charge is -2.32. The Labute approximate surface area is 401 Å². The van der Waals surface area contributed by atoms with Crippen LogP contribution in [0.1, 0.15) is 235 Å². The van der Waals surface area contributed by atoms with E-state index in [0.29, 0.717) is 32.2 Å². The van der Waals surface area contributed by atoms with Gasteiger partial charge in [-0.1, -0.05) is 144 Å². The van der Waals surface area contributed by atoms with Crippen LogP contribution < -0.4 is 0 Å². The lowest BCUT2D eigenvalue weighted by atomic mass is 9.91. The predicted octanol–water partition coefficient (Wildman–Crippen LogP) is 12.0. The highest BCUT2D eigenvalue weighted by Crippen LogP contribution is 2.25. The van der Waals surface area contributed by atoms with Gasteiger partial charge >= 0.3 is 35.8 Å². The minimum Gasteiger partial charge on any atom is -0.466 e. The minimum atomic E-state index is -1.42. The topological polar surface area (TPSA) is 161 Å². The molecule has 0 bridgehead atoms. The van der Waals surface area contributed by atoms with Crippen LogP contribution in [-0.4, -0.2) is 99.5 Å². The Hall–Kier alpha value is -3.22. The van der Waals surface area contributed by atoms with Gasteiger partial charge in [-0.2, -0.15) is 0 Å². The van der Waals surface area contributed by atoms with E-state index in [1.807, 2.05) is 0 Å². The predicted molar refractivity (Wildman–Crippen MR) is 261 cm³/mol. The van der Waals surface area contributed by atoms with Crippen LogP contribution in [0.25, 0.3) is 0 Å². The number of nitrogens with zero attached hydrogens (tertiary/aromatic N) is 1. The molecule has 0 saturated carbocycles. The summed E-state index contributed by atoms with van der Waals surface area (Å²) in [5.74, 6) is -2.72. The van der Waals surface area contributed by atoms with Gasteiger partial charge in [0, 0.05) is 44.6 Å². The van der Waals surface area contributed by atoms with Gasteiger partial charge in [-0.3, -0.25) is 28.8 Å². The van der Waals surface area contributed by atoms with Crippen molar-refractivity contribution in [1.82, 2.24) is 4.90 Å². The molecule has 66 heavy (non-hydrogen) atoms. The van der Waals surface area contributed by atoms with Crippen molar-refractivity contribution < 1.29 is 57.2 Å². The Morgan fingerprint density at radius 2 is 0.758 bits per heavy atom. The van der Waals surface area contributed by atoms with Gasteiger partial charge in [-0.05, 0) is 71.4 Å². The number of esters is 6. The van der Waals surface area contributed by atoms with Gasteiger partial charge < -0.3 is 33.3 Å². The molecule has 1 atom stereocenters. The summed E-state index contributed by atoms with van der Waals surface area (Å²) in [7, 11) is 0. The molecule has 0 amide bonds. The van der Waals surface area contributed by atoms with Crippen molar-refractivity contribution in [2.24, 2.45) is 11.3 Å². The molecule has 13 nitrogen and oxygen atoms in total. The summed E-state index contributed by atoms with van der Waals surface area (Å²) in [5.41, 5.74) is -1.42. The summed E-state index contributed by atoms with van der Waals surface area (Å²) in [5, 5.41) is 0. The first-order chi connectivity index (χ1) is 31.8. The quantitative estimate of drug-likeness (QED) is 0.0322. The summed E-state index contributed by atoms with van der Waals surface area (Å²) in [6.45, 7) is 15.7. The highest BCUT2D eigenvalue weighted by molar-refractivity contribution is 5.73. The molecule has 0 spiro atoms. The monoisotopic (exact) mass is 940 g/mol. The van der Waals surface area contributed by atoms with Crippen LogP contribution in [0, 0.1) is 11.3 Å². The summed E-state index contributed by atoms with van der Waals surface area (Å²) in [6.07, 6.45) is 22.6. The fourth-order valence-corrected chi connectivity index (χ4v) is 7.73. The average Bonchev–Trinajstić information content (AvgIpc) is 3.29. The summed E-state index contributed by atoms with van der Waals surface area (Å²) >= 11 is 0. The first-order valence-electron chi connectivity index (χ1n) is 26.5. The van der Waals surface area contributed by atoms with Crippen LogP contribution in [0.4, 0.5) is 0 Å². The van der Waals surface area contributed by atoms with Gasteiger partial charge in [0.05, 0.1) is 13.2 Å². The van der Waals surface area contributed by atoms with Crippen LogP contribution >= 0.6 is 0 Å². The first kappa shape index (κ1) is 62.8. The minimum absolute atomic E-state index is 0.0549. The van der Waals surface area contributed by atoms with E-state index in [9.17, 15) is 28.8 Å². The molecule has 13 heteroatoms. The van der Waals surface area contributed by atoms with Gasteiger partial charge in [0.1, 0.15) is 31.8 Å². The highest BCUT2D eigenvalue weighted by atomic mass is 16.6. The Morgan fingerprint density at radius 1 is 0.394 bits per heavy atom. The van der Waals surface area contributed by atoms with Crippen LogP contribution in [0.5, 0.6) is 0 Å². The third kappa shape index (κ3) is 36.8. The number of hydrogen-bond donors (Lipinski definition) is 0. The smallest absolute Gasteiger partial charge is 0.306 e. The molecule has 0 aromatic heterocycles. The standard InChI is InChI=1S/C53H97NO12/c1-8-13-16-19-22-25-38-61-47(55)32-27-34-49(57)63-41-53(43-65-51(59)36-29-37-54(12-5)45(6)7,44-66-52(60)40-46(30-11-4)31-24-21-18-15-10-3)42-64-50(58)35-28-33-48(56)62-39-26-23-20-17-14-9-2/h45-46H,8-44H2,1-7H3. The molecular weight excluding hydrogens is 843 g/mol. The Bertz CT molecular complexity index is 1200. The largest absolute Gasteiger partial charge is 0.466 e. The van der Waals surface area contributed by atoms with E-state index < -0.39 is 29.3 Å². The molecule has 0 fully saturated rings. The molecule has 1 unspecified atom stereocenters. The fraction of sp³-hybridized carbons (Fsp3) is 0.887. The van der Waals surface area contributed by atoms with E-state index in [0.717, 1.165) is 83.6 Å². The fourth-order valence-electron chi connectivity index (χ4n) is 7.73. The molecule has 0 heterocycles. The van der Waals surface area contributed by atoms with Gasteiger partial charge in [0.2, 0.25) is 0 Å². The average molecular weight is 940 g/mol. The Kier molecular flexibility index (Phi) is 41.0. The lowest BCUT2D eigenvalue weighted by Crippen LogP contribution is -2.44. The molecular formula is C53H97NO12. The molecule has 0 aromatic carbocycles. The zero-order valence-electron chi connectivity index (χ0n) is 43.2. The van der Waals surface area contributed by atoms with Gasteiger partial charge in [0.15, 0.2) is 0 Å². The van der Waals surface area contributed by atoms with Gasteiger partial charge in [0.25, 0.3) is 0 Å². The molecule has 0 saturated heterocycles. The van der Waals surface area contributed by atoms with E-state index in [4.69, 9.17) is 28.4 Å². The van der Waals surface area contributed by atoms with Crippen molar-refractivity contribution in [3.63, 3.8) is 0 Å². The number of ether oxygens (including phenoxy) is 6. The second-order valence-electron chi connectivity index (χ2n) is 18.7. The van der Waals surface area contributed by atoms with Gasteiger partial charge in [-0.15, -0.1) is 0 Å². The van der Waals surface area contributed by atoms with E-state index >= 15 is 0 Å². The highest BCUT2D eigenvalue weighted by Gasteiger charge is 2.38. The van der Waals surface area contributed by atoms with Crippen LogP contribution in [0.15, 0.2) is 0 Å². The second-order valence-corrected chi connectivity index (χ2v) is 18.7. The maximum Gasteiger partial charge on any atom is 0.306 e. The van der Waals surface area contributed by atoms with E-state index in [1.54, 1.807) is 0 Å². The molecule has 0 aliphatic heterocycles. The molecule has 0 N–H and O–H groups in total. The van der Waals surface area contributed by atoms with Crippen molar-refractivity contribution in [2.75, 3.05) is 52.7 Å². The molecule has 0 aliphatic rings. The summed E-state index contributed by atoms with van der Waals surface area (Å²) < 4.78 is 33.9. The number of carbonyl (C=O) groups is 6. The zero-order valence-corrected chi connectivity index (χ0v) is 43.2. The van der Waals surface area contributed by atoms with Crippen LogP contribution in [0.3, 0.4) is 0 Å². The molecule has 386 valence electrons. The van der Waals surface area contributed by atoms with E-state index in [1.165, 1.54) is 51.4 Å². The number of rotatable bonds is 46. The molecule has 0 radical (unpaired) electrons. The maximum atomic E-state index is 13.5. The van der Waals surface area contributed by atoms with Crippen LogP contribution in [-0.2, 0) is 57.2 Å². The zero-order chi connectivity index (χ0) is 49.1. The van der Waals surface area contributed by atoms with Crippen LogP contribution in [0.2, 0.25) is 0 Å². The number of carbonyl (C=O) groups excluding carboxylic acids is 6. The first-order valence-corrected chi connectivity index (χ1v) is 26.5. The maximum absolute atomic E-state index is 13.5. The lowest BCUT2D eigenvalue weighted by molar-refractivity contribution is -0.171. The Morgan fingerprint density at radius 3 is 1.15 bits per heavy atom. The van der Waals surface area contributed by atoms with Gasteiger partial charge in [-0.25, -0.2) is 0 Å². The normalized spacial score (nSPS) is 12.0. The molecule has 0 rings (SSSR count). The van der Waals surface area contributed by atoms with Crippen molar-refractivity contribution >= 4 is 35.8 Å². The third-order valence-corrected chi connectivity index (χ3v) is 12.0. The number of hydrogen-bond acceptors (Lipinski definition) is 13. The van der Waals surface area contributed by atoms with E-state index in [-0.39, 0.29) is 95.7 Å².